The lowest BCUT2D eigenvalue weighted by molar-refractivity contribution is 0.0991. The summed E-state index contributed by atoms with van der Waals surface area (Å²) in [4.78, 5) is 14.7. The zero-order valence-corrected chi connectivity index (χ0v) is 6.11. The minimum absolute atomic E-state index is 0.534. The molecule has 0 atom stereocenters. The number of rotatable bonds is 2. The summed E-state index contributed by atoms with van der Waals surface area (Å²) < 4.78 is 1.09. The van der Waals surface area contributed by atoms with Gasteiger partial charge in [-0.1, -0.05) is 0 Å². The Morgan fingerprint density at radius 2 is 2.17 bits per heavy atom. The first-order chi connectivity index (χ1) is 5.63. The Balaban J connectivity index is 2.87. The van der Waals surface area contributed by atoms with Crippen LogP contribution in [0.3, 0.4) is 0 Å². The van der Waals surface area contributed by atoms with Crippen LogP contribution >= 0.6 is 0 Å². The van der Waals surface area contributed by atoms with Gasteiger partial charge in [0.25, 0.3) is 5.91 Å². The summed E-state index contributed by atoms with van der Waals surface area (Å²) in [7, 11) is 0. The van der Waals surface area contributed by atoms with Gasteiger partial charge in [-0.3, -0.25) is 20.2 Å². The Kier molecular flexibility index (Phi) is 2.00. The van der Waals surface area contributed by atoms with Gasteiger partial charge in [-0.05, 0) is 0 Å². The molecule has 0 aromatic carbocycles. The second kappa shape index (κ2) is 2.95. The molecule has 0 fully saturated rings. The quantitative estimate of drug-likeness (QED) is 0.405. The third-order valence-corrected chi connectivity index (χ3v) is 1.22. The number of carbonyl (C=O) groups is 1. The first-order valence-electron chi connectivity index (χ1n) is 3.08. The van der Waals surface area contributed by atoms with Crippen LogP contribution in [0.1, 0.15) is 4.79 Å². The average molecular weight is 165 g/mol. The average Bonchev–Trinajstić information content (AvgIpc) is 2.53. The highest BCUT2D eigenvalue weighted by atomic mass is 16.2. The highest BCUT2D eigenvalue weighted by Gasteiger charge is 2.13. The smallest absolute Gasteiger partial charge is 0.284 e. The van der Waals surface area contributed by atoms with Crippen molar-refractivity contribution >= 4 is 17.5 Å². The summed E-state index contributed by atoms with van der Waals surface area (Å²) in [5, 5.41) is 13.9. The molecule has 1 rings (SSSR count). The second-order valence-corrected chi connectivity index (χ2v) is 2.06. The van der Waals surface area contributed by atoms with E-state index in [4.69, 9.17) is 16.6 Å². The van der Waals surface area contributed by atoms with Crippen molar-refractivity contribution in [2.75, 3.05) is 0 Å². The molecule has 0 aliphatic carbocycles. The van der Waals surface area contributed by atoms with Crippen LogP contribution in [0.2, 0.25) is 0 Å². The molecule has 0 saturated heterocycles. The maximum absolute atomic E-state index is 11.1. The Labute approximate surface area is 68.0 Å². The molecule has 4 N–H and O–H groups in total. The fraction of sp³-hybridized carbons (Fsp3) is 0. The predicted molar refractivity (Wildman–Crippen MR) is 42.5 cm³/mol. The van der Waals surface area contributed by atoms with Gasteiger partial charge in [0.05, 0.1) is 0 Å². The maximum Gasteiger partial charge on any atom is 0.284 e. The third-order valence-electron chi connectivity index (χ3n) is 1.22. The molecule has 0 spiro atoms. The Bertz CT molecular complexity index is 326. The van der Waals surface area contributed by atoms with E-state index in [1.54, 1.807) is 0 Å². The molecule has 12 heavy (non-hydrogen) atoms. The van der Waals surface area contributed by atoms with E-state index in [2.05, 4.69) is 4.98 Å². The number of amidine groups is 1. The topological polar surface area (TPSA) is 109 Å². The van der Waals surface area contributed by atoms with Crippen molar-refractivity contribution in [1.29, 1.82) is 10.8 Å². The van der Waals surface area contributed by atoms with Gasteiger partial charge in [0.15, 0.2) is 5.71 Å². The van der Waals surface area contributed by atoms with Crippen LogP contribution in [0.4, 0.5) is 0 Å². The number of nitrogens with one attached hydrogen (secondary N) is 2. The van der Waals surface area contributed by atoms with Crippen LogP contribution in [-0.2, 0) is 0 Å². The van der Waals surface area contributed by atoms with Crippen molar-refractivity contribution in [3.63, 3.8) is 0 Å². The Morgan fingerprint density at radius 3 is 2.58 bits per heavy atom. The van der Waals surface area contributed by atoms with E-state index >= 15 is 0 Å². The maximum atomic E-state index is 11.1. The number of imidazole rings is 1. The Morgan fingerprint density at radius 1 is 1.50 bits per heavy atom. The molecule has 0 amide bonds. The van der Waals surface area contributed by atoms with Crippen LogP contribution < -0.4 is 5.73 Å². The minimum Gasteiger partial charge on any atom is -0.382 e. The lowest BCUT2D eigenvalue weighted by Gasteiger charge is -1.99. The molecule has 0 aliphatic heterocycles. The lowest BCUT2D eigenvalue weighted by atomic mass is 10.3. The first kappa shape index (κ1) is 8.12. The van der Waals surface area contributed by atoms with Crippen molar-refractivity contribution in [3.8, 4) is 0 Å². The molecule has 6 nitrogen and oxygen atoms in total. The normalized spacial score (nSPS) is 9.33. The molecule has 0 aliphatic rings. The summed E-state index contributed by atoms with van der Waals surface area (Å²) in [5.74, 6) is -1.20. The molecular weight excluding hydrogens is 158 g/mol. The molecule has 6 heteroatoms. The van der Waals surface area contributed by atoms with E-state index in [1.165, 1.54) is 18.7 Å². The van der Waals surface area contributed by atoms with E-state index in [0.717, 1.165) is 4.57 Å². The van der Waals surface area contributed by atoms with Gasteiger partial charge in [0.1, 0.15) is 12.2 Å². The van der Waals surface area contributed by atoms with Gasteiger partial charge in [-0.2, -0.15) is 0 Å². The molecule has 1 heterocycles. The molecule has 1 aromatic heterocycles. The Hall–Kier alpha value is -1.98. The van der Waals surface area contributed by atoms with E-state index in [9.17, 15) is 4.79 Å². The molecule has 0 radical (unpaired) electrons. The van der Waals surface area contributed by atoms with Crippen molar-refractivity contribution in [2.24, 2.45) is 5.73 Å². The number of nitrogens with zero attached hydrogens (tertiary/aromatic N) is 2. The lowest BCUT2D eigenvalue weighted by Crippen LogP contribution is -2.32. The first-order valence-corrected chi connectivity index (χ1v) is 3.08. The number of carbonyl (C=O) groups excluding carboxylic acids is 1. The van der Waals surface area contributed by atoms with Crippen LogP contribution in [0.25, 0.3) is 0 Å². The highest BCUT2D eigenvalue weighted by Crippen LogP contribution is 1.87. The van der Waals surface area contributed by atoms with Crippen molar-refractivity contribution in [2.45, 2.75) is 0 Å². The van der Waals surface area contributed by atoms with E-state index < -0.39 is 17.5 Å². The van der Waals surface area contributed by atoms with Gasteiger partial charge in [0, 0.05) is 12.4 Å². The van der Waals surface area contributed by atoms with E-state index in [1.807, 2.05) is 0 Å². The zero-order valence-electron chi connectivity index (χ0n) is 6.11. The van der Waals surface area contributed by atoms with Crippen molar-refractivity contribution in [1.82, 2.24) is 9.55 Å². The number of aromatic nitrogens is 2. The molecule has 0 saturated carbocycles. The van der Waals surface area contributed by atoms with Crippen LogP contribution in [0, 0.1) is 10.8 Å². The van der Waals surface area contributed by atoms with Gasteiger partial charge in [-0.25, -0.2) is 4.98 Å². The fourth-order valence-electron chi connectivity index (χ4n) is 0.624. The third kappa shape index (κ3) is 1.36. The molecule has 1 aromatic rings. The predicted octanol–water partition coefficient (Wildman–Crippen LogP) is -0.521. The second-order valence-electron chi connectivity index (χ2n) is 2.06. The highest BCUT2D eigenvalue weighted by molar-refractivity contribution is 6.64. The van der Waals surface area contributed by atoms with E-state index in [0.29, 0.717) is 0 Å². The summed E-state index contributed by atoms with van der Waals surface area (Å²) in [6.07, 6.45) is 4.05. The van der Waals surface area contributed by atoms with Gasteiger partial charge >= 0.3 is 0 Å². The summed E-state index contributed by atoms with van der Waals surface area (Å²) >= 11 is 0. The van der Waals surface area contributed by atoms with Crippen LogP contribution in [0.5, 0.6) is 0 Å². The number of hydrogen-bond acceptors (Lipinski definition) is 4. The van der Waals surface area contributed by atoms with Crippen molar-refractivity contribution < 1.29 is 4.79 Å². The van der Waals surface area contributed by atoms with Crippen LogP contribution in [0.15, 0.2) is 18.7 Å². The molecule has 0 bridgehead atoms. The summed E-state index contributed by atoms with van der Waals surface area (Å²) in [6.45, 7) is 0. The monoisotopic (exact) mass is 165 g/mol. The minimum atomic E-state index is -0.653. The van der Waals surface area contributed by atoms with Gasteiger partial charge in [-0.15, -0.1) is 0 Å². The van der Waals surface area contributed by atoms with Gasteiger partial charge < -0.3 is 5.73 Å². The van der Waals surface area contributed by atoms with Gasteiger partial charge in [0.2, 0.25) is 0 Å². The summed E-state index contributed by atoms with van der Waals surface area (Å²) in [6, 6.07) is 0. The molecular formula is C6H7N5O. The molecule has 62 valence electrons. The number of hydrogen-bond donors (Lipinski definition) is 3. The number of nitrogens with two attached hydrogens (primary N) is 1. The SMILES string of the molecule is N=C(N)C(=N)C(=O)n1ccnc1. The fourth-order valence-corrected chi connectivity index (χ4v) is 0.624. The zero-order chi connectivity index (χ0) is 9.14. The van der Waals surface area contributed by atoms with Crippen molar-refractivity contribution in [3.05, 3.63) is 18.7 Å². The van der Waals surface area contributed by atoms with E-state index in [-0.39, 0.29) is 0 Å². The standard InChI is InChI=1S/C6H7N5O/c7-4(5(8)9)6(12)11-2-1-10-3-11/h1-3,7H,(H3,8,9). The summed E-state index contributed by atoms with van der Waals surface area (Å²) in [5.41, 5.74) is 4.41. The van der Waals surface area contributed by atoms with Crippen LogP contribution in [-0.4, -0.2) is 27.0 Å². The molecule has 0 unspecified atom stereocenters. The largest absolute Gasteiger partial charge is 0.382 e.